The Morgan fingerprint density at radius 2 is 1.79 bits per heavy atom. The fourth-order valence-corrected chi connectivity index (χ4v) is 3.68. The van der Waals surface area contributed by atoms with E-state index < -0.39 is 28.8 Å². The number of aromatic nitrogens is 2. The van der Waals surface area contributed by atoms with Crippen LogP contribution in [0.1, 0.15) is 5.56 Å². The van der Waals surface area contributed by atoms with Crippen LogP contribution in [-0.2, 0) is 0 Å². The smallest absolute Gasteiger partial charge is 0.310 e. The second-order valence-corrected chi connectivity index (χ2v) is 7.20. The van der Waals surface area contributed by atoms with Crippen molar-refractivity contribution in [2.45, 2.75) is 6.92 Å². The number of halogens is 4. The van der Waals surface area contributed by atoms with Crippen LogP contribution in [0.3, 0.4) is 0 Å². The van der Waals surface area contributed by atoms with Crippen LogP contribution < -0.4 is 10.3 Å². The van der Waals surface area contributed by atoms with Crippen molar-refractivity contribution < 1.29 is 17.9 Å². The summed E-state index contributed by atoms with van der Waals surface area (Å²) in [4.78, 5) is 17.4. The number of hydrogen-bond donors (Lipinski definition) is 0. The Bertz CT molecular complexity index is 1270. The molecule has 0 N–H and O–H groups in total. The maximum absolute atomic E-state index is 14.1. The topological polar surface area (TPSA) is 44.1 Å². The first-order valence-corrected chi connectivity index (χ1v) is 9.20. The van der Waals surface area contributed by atoms with Crippen molar-refractivity contribution in [2.24, 2.45) is 0 Å². The first kappa shape index (κ1) is 18.5. The standard InChI is InChI=1S/C19H10ClF3N2O2S/c1-9-8-28-17-16(9)24-19(27-13-7-6-12(21)14(22)15(13)23)25(18(17)26)11-4-2-10(20)3-5-11/h2-8H,1H3. The number of aryl methyl sites for hydroxylation is 1. The number of thiophene rings is 1. The fraction of sp³-hybridized carbons (Fsp3) is 0.0526. The van der Waals surface area contributed by atoms with Crippen LogP contribution in [-0.4, -0.2) is 9.55 Å². The average Bonchev–Trinajstić information content (AvgIpc) is 3.05. The van der Waals surface area contributed by atoms with E-state index in [4.69, 9.17) is 16.3 Å². The summed E-state index contributed by atoms with van der Waals surface area (Å²) in [5, 5.41) is 2.21. The molecule has 0 radical (unpaired) electrons. The van der Waals surface area contributed by atoms with Gasteiger partial charge in [-0.05, 0) is 54.3 Å². The molecule has 2 aromatic heterocycles. The summed E-state index contributed by atoms with van der Waals surface area (Å²) < 4.78 is 47.8. The van der Waals surface area contributed by atoms with Gasteiger partial charge in [-0.1, -0.05) is 11.6 Å². The molecule has 4 nitrogen and oxygen atoms in total. The van der Waals surface area contributed by atoms with Crippen molar-refractivity contribution in [3.8, 4) is 17.4 Å². The van der Waals surface area contributed by atoms with Gasteiger partial charge >= 0.3 is 6.01 Å². The minimum absolute atomic E-state index is 0.286. The van der Waals surface area contributed by atoms with Gasteiger partial charge in [-0.25, -0.2) is 13.3 Å². The molecule has 28 heavy (non-hydrogen) atoms. The minimum Gasteiger partial charge on any atom is -0.422 e. The molecule has 0 bridgehead atoms. The molecule has 0 atom stereocenters. The quantitative estimate of drug-likeness (QED) is 0.402. The van der Waals surface area contributed by atoms with Crippen LogP contribution in [0.2, 0.25) is 5.02 Å². The van der Waals surface area contributed by atoms with Crippen molar-refractivity contribution in [1.29, 1.82) is 0 Å². The lowest BCUT2D eigenvalue weighted by atomic mass is 10.3. The van der Waals surface area contributed by atoms with Gasteiger partial charge in [-0.2, -0.15) is 9.37 Å². The number of ether oxygens (including phenoxy) is 1. The zero-order valence-corrected chi connectivity index (χ0v) is 15.7. The molecular formula is C19H10ClF3N2O2S. The van der Waals surface area contributed by atoms with Crippen molar-refractivity contribution in [1.82, 2.24) is 9.55 Å². The predicted octanol–water partition coefficient (Wildman–Crippen LogP) is 5.62. The molecule has 0 saturated carbocycles. The van der Waals surface area contributed by atoms with Gasteiger partial charge in [-0.3, -0.25) is 4.79 Å². The number of nitrogens with zero attached hydrogens (tertiary/aromatic N) is 2. The lowest BCUT2D eigenvalue weighted by Gasteiger charge is -2.14. The lowest BCUT2D eigenvalue weighted by molar-refractivity contribution is 0.371. The third-order valence-corrected chi connectivity index (χ3v) is 5.35. The first-order chi connectivity index (χ1) is 13.4. The SMILES string of the molecule is Cc1csc2c(=O)n(-c3ccc(Cl)cc3)c(Oc3ccc(F)c(F)c3F)nc12. The van der Waals surface area contributed by atoms with E-state index in [2.05, 4.69) is 4.98 Å². The van der Waals surface area contributed by atoms with E-state index in [0.717, 1.165) is 22.3 Å². The van der Waals surface area contributed by atoms with E-state index in [1.54, 1.807) is 36.6 Å². The molecule has 4 aromatic rings. The van der Waals surface area contributed by atoms with Crippen LogP contribution in [0.4, 0.5) is 13.2 Å². The number of benzene rings is 2. The minimum atomic E-state index is -1.68. The van der Waals surface area contributed by atoms with Crippen LogP contribution in [0, 0.1) is 24.4 Å². The Kier molecular flexibility index (Phi) is 4.60. The summed E-state index contributed by atoms with van der Waals surface area (Å²) >= 11 is 7.11. The molecule has 0 fully saturated rings. The van der Waals surface area contributed by atoms with Gasteiger partial charge in [0.2, 0.25) is 5.82 Å². The first-order valence-electron chi connectivity index (χ1n) is 7.95. The van der Waals surface area contributed by atoms with Crippen molar-refractivity contribution in [3.05, 3.63) is 80.2 Å². The Labute approximate surface area is 165 Å². The predicted molar refractivity (Wildman–Crippen MR) is 101 cm³/mol. The normalized spacial score (nSPS) is 11.2. The Morgan fingerprint density at radius 3 is 2.50 bits per heavy atom. The highest BCUT2D eigenvalue weighted by Crippen LogP contribution is 2.30. The number of hydrogen-bond acceptors (Lipinski definition) is 4. The summed E-state index contributed by atoms with van der Waals surface area (Å²) in [6, 6.07) is 7.62. The van der Waals surface area contributed by atoms with Gasteiger partial charge in [0, 0.05) is 5.02 Å². The zero-order valence-electron chi connectivity index (χ0n) is 14.2. The Balaban J connectivity index is 1.97. The molecule has 0 saturated heterocycles. The van der Waals surface area contributed by atoms with E-state index >= 15 is 0 Å². The van der Waals surface area contributed by atoms with Crippen molar-refractivity contribution in [2.75, 3.05) is 0 Å². The average molecular weight is 423 g/mol. The summed E-state index contributed by atoms with van der Waals surface area (Å²) in [5.74, 6) is -5.14. The maximum Gasteiger partial charge on any atom is 0.310 e. The number of rotatable bonds is 3. The summed E-state index contributed by atoms with van der Waals surface area (Å²) in [6.45, 7) is 1.76. The van der Waals surface area contributed by atoms with E-state index in [1.807, 2.05) is 0 Å². The fourth-order valence-electron chi connectivity index (χ4n) is 2.63. The molecule has 0 aliphatic carbocycles. The van der Waals surface area contributed by atoms with Crippen molar-refractivity contribution in [3.63, 3.8) is 0 Å². The zero-order chi connectivity index (χ0) is 20.0. The molecule has 0 aliphatic rings. The van der Waals surface area contributed by atoms with Gasteiger partial charge in [0.15, 0.2) is 17.4 Å². The third-order valence-electron chi connectivity index (χ3n) is 4.02. The maximum atomic E-state index is 14.1. The molecule has 0 unspecified atom stereocenters. The van der Waals surface area contributed by atoms with E-state index in [9.17, 15) is 18.0 Å². The molecule has 4 rings (SSSR count). The molecule has 2 heterocycles. The molecule has 142 valence electrons. The third kappa shape index (κ3) is 3.04. The Morgan fingerprint density at radius 1 is 1.07 bits per heavy atom. The van der Waals surface area contributed by atoms with E-state index in [1.165, 1.54) is 11.3 Å². The second-order valence-electron chi connectivity index (χ2n) is 5.88. The summed E-state index contributed by atoms with van der Waals surface area (Å²) in [7, 11) is 0. The number of fused-ring (bicyclic) bond motifs is 1. The van der Waals surface area contributed by atoms with Crippen LogP contribution in [0.25, 0.3) is 15.9 Å². The summed E-state index contributed by atoms with van der Waals surface area (Å²) in [6.07, 6.45) is 0. The van der Waals surface area contributed by atoms with Gasteiger partial charge < -0.3 is 4.74 Å². The molecule has 9 heteroatoms. The molecule has 2 aromatic carbocycles. The Hall–Kier alpha value is -2.84. The largest absolute Gasteiger partial charge is 0.422 e. The highest BCUT2D eigenvalue weighted by molar-refractivity contribution is 7.17. The van der Waals surface area contributed by atoms with Gasteiger partial charge in [0.25, 0.3) is 5.56 Å². The van der Waals surface area contributed by atoms with Crippen molar-refractivity contribution >= 4 is 33.2 Å². The van der Waals surface area contributed by atoms with Crippen LogP contribution in [0.5, 0.6) is 11.8 Å². The highest BCUT2D eigenvalue weighted by Gasteiger charge is 2.21. The van der Waals surface area contributed by atoms with Gasteiger partial charge in [0.1, 0.15) is 4.70 Å². The van der Waals surface area contributed by atoms with Crippen LogP contribution >= 0.6 is 22.9 Å². The van der Waals surface area contributed by atoms with E-state index in [-0.39, 0.29) is 6.01 Å². The molecule has 0 spiro atoms. The summed E-state index contributed by atoms with van der Waals surface area (Å²) in [5.41, 5.74) is 1.05. The molecule has 0 aliphatic heterocycles. The van der Waals surface area contributed by atoms with E-state index in [0.29, 0.717) is 20.9 Å². The van der Waals surface area contributed by atoms with Crippen LogP contribution in [0.15, 0.2) is 46.6 Å². The second kappa shape index (κ2) is 6.96. The monoisotopic (exact) mass is 422 g/mol. The molecule has 0 amide bonds. The highest BCUT2D eigenvalue weighted by atomic mass is 35.5. The molecular weight excluding hydrogens is 413 g/mol. The van der Waals surface area contributed by atoms with Gasteiger partial charge in [0.05, 0.1) is 11.2 Å². The van der Waals surface area contributed by atoms with Gasteiger partial charge in [-0.15, -0.1) is 11.3 Å². The lowest BCUT2D eigenvalue weighted by Crippen LogP contribution is -2.20.